The van der Waals surface area contributed by atoms with Crippen molar-refractivity contribution in [2.24, 2.45) is 4.40 Å². The van der Waals surface area contributed by atoms with Gasteiger partial charge in [0.05, 0.1) is 10.6 Å². The van der Waals surface area contributed by atoms with E-state index in [2.05, 4.69) is 8.35 Å². The summed E-state index contributed by atoms with van der Waals surface area (Å²) in [6.45, 7) is 1.94. The Labute approximate surface area is 157 Å². The molecule has 4 nitrogen and oxygen atoms in total. The number of aryl methyl sites for hydroxylation is 1. The number of aromatic nitrogens is 1. The van der Waals surface area contributed by atoms with Crippen LogP contribution in [0.4, 0.5) is 0 Å². The van der Waals surface area contributed by atoms with Crippen LogP contribution < -0.4 is 4.67 Å². The van der Waals surface area contributed by atoms with Crippen molar-refractivity contribution in [2.45, 2.75) is 37.5 Å². The Morgan fingerprint density at radius 2 is 1.65 bits per heavy atom. The van der Waals surface area contributed by atoms with Crippen LogP contribution in [0, 0.1) is 6.92 Å². The lowest BCUT2D eigenvalue weighted by molar-refractivity contribution is 0.596. The Hall–Kier alpha value is -2.18. The molecule has 1 heterocycles. The fraction of sp³-hybridized carbons (Fsp3) is 0.250. The Morgan fingerprint density at radius 1 is 0.962 bits per heavy atom. The molecule has 0 atom stereocenters. The molecule has 3 aromatic rings. The molecule has 2 aromatic carbocycles. The van der Waals surface area contributed by atoms with E-state index in [1.807, 2.05) is 37.3 Å². The van der Waals surface area contributed by atoms with Gasteiger partial charge in [-0.15, -0.1) is 4.40 Å². The highest BCUT2D eigenvalue weighted by Gasteiger charge is 2.21. The maximum Gasteiger partial charge on any atom is 0.283 e. The van der Waals surface area contributed by atoms with Crippen LogP contribution in [0.5, 0.6) is 0 Å². The van der Waals surface area contributed by atoms with Crippen molar-refractivity contribution in [3.63, 3.8) is 0 Å². The third kappa shape index (κ3) is 3.27. The summed E-state index contributed by atoms with van der Waals surface area (Å²) in [4.78, 5) is 0.243. The molecule has 6 heteroatoms. The van der Waals surface area contributed by atoms with Gasteiger partial charge in [-0.3, -0.25) is 3.96 Å². The number of hydrogen-bond donors (Lipinski definition) is 0. The lowest BCUT2D eigenvalue weighted by atomic mass is 9.98. The van der Waals surface area contributed by atoms with Crippen LogP contribution in [0.2, 0.25) is 0 Å². The summed E-state index contributed by atoms with van der Waals surface area (Å²) in [7, 11) is -3.71. The van der Waals surface area contributed by atoms with E-state index in [1.165, 1.54) is 17.2 Å². The molecule has 0 aliphatic heterocycles. The van der Waals surface area contributed by atoms with Gasteiger partial charge in [-0.1, -0.05) is 35.9 Å². The fourth-order valence-electron chi connectivity index (χ4n) is 3.26. The van der Waals surface area contributed by atoms with Crippen LogP contribution in [0.1, 0.15) is 29.7 Å². The van der Waals surface area contributed by atoms with E-state index in [4.69, 9.17) is 0 Å². The highest BCUT2D eigenvalue weighted by atomic mass is 32.2. The molecule has 0 unspecified atom stereocenters. The van der Waals surface area contributed by atoms with Gasteiger partial charge >= 0.3 is 0 Å². The van der Waals surface area contributed by atoms with Crippen molar-refractivity contribution in [1.29, 1.82) is 0 Å². The van der Waals surface area contributed by atoms with E-state index < -0.39 is 10.0 Å². The second kappa shape index (κ2) is 6.85. The van der Waals surface area contributed by atoms with E-state index in [1.54, 1.807) is 24.3 Å². The summed E-state index contributed by atoms with van der Waals surface area (Å²) in [5.74, 6) is 0. The Morgan fingerprint density at radius 3 is 2.38 bits per heavy atom. The smallest absolute Gasteiger partial charge is 0.268 e. The van der Waals surface area contributed by atoms with Gasteiger partial charge in [0.25, 0.3) is 10.0 Å². The first-order chi connectivity index (χ1) is 12.5. The standard InChI is InChI=1S/C20H20N2O2S2/c1-15-11-13-17(14-12-15)26(23,24)21-20-18-9-5-6-10-19(18)22(25-20)16-7-3-2-4-8-16/h2-4,7-8,11-14H,5-6,9-10H2,1H3/b21-20-. The lowest BCUT2D eigenvalue weighted by Crippen LogP contribution is -2.13. The molecule has 0 N–H and O–H groups in total. The first kappa shape index (κ1) is 17.2. The van der Waals surface area contributed by atoms with Gasteiger partial charge in [0.2, 0.25) is 0 Å². The molecule has 1 aromatic heterocycles. The van der Waals surface area contributed by atoms with E-state index in [0.29, 0.717) is 4.67 Å². The van der Waals surface area contributed by atoms with Gasteiger partial charge in [0.1, 0.15) is 0 Å². The average molecular weight is 385 g/mol. The second-order valence-corrected chi connectivity index (χ2v) is 9.08. The topological polar surface area (TPSA) is 51.4 Å². The zero-order chi connectivity index (χ0) is 18.1. The quantitative estimate of drug-likeness (QED) is 0.685. The molecule has 0 spiro atoms. The summed E-state index contributed by atoms with van der Waals surface area (Å²) in [5, 5.41) is 0. The third-order valence-electron chi connectivity index (χ3n) is 4.63. The molecule has 0 amide bonds. The normalized spacial score (nSPS) is 15.0. The van der Waals surface area contributed by atoms with Gasteiger partial charge < -0.3 is 0 Å². The maximum absolute atomic E-state index is 12.8. The number of rotatable bonds is 3. The Bertz CT molecular complexity index is 1090. The zero-order valence-corrected chi connectivity index (χ0v) is 16.2. The predicted molar refractivity (Wildman–Crippen MR) is 104 cm³/mol. The van der Waals surface area contributed by atoms with Gasteiger partial charge in [-0.25, -0.2) is 0 Å². The predicted octanol–water partition coefficient (Wildman–Crippen LogP) is 4.02. The van der Waals surface area contributed by atoms with Crippen LogP contribution in [-0.2, 0) is 22.9 Å². The van der Waals surface area contributed by atoms with Gasteiger partial charge in [-0.2, -0.15) is 8.42 Å². The molecule has 0 bridgehead atoms. The minimum Gasteiger partial charge on any atom is -0.268 e. The Kier molecular flexibility index (Phi) is 4.54. The molecule has 0 saturated heterocycles. The number of nitrogens with zero attached hydrogens (tertiary/aromatic N) is 2. The van der Waals surface area contributed by atoms with E-state index in [9.17, 15) is 8.42 Å². The van der Waals surface area contributed by atoms with Crippen LogP contribution in [0.3, 0.4) is 0 Å². The Balaban J connectivity index is 1.88. The number of sulfonamides is 1. The summed E-state index contributed by atoms with van der Waals surface area (Å²) in [5.41, 5.74) is 4.37. The molecular weight excluding hydrogens is 364 g/mol. The van der Waals surface area contributed by atoms with Crippen LogP contribution in [0.25, 0.3) is 5.69 Å². The van der Waals surface area contributed by atoms with Gasteiger partial charge in [0.15, 0.2) is 4.67 Å². The molecule has 0 fully saturated rings. The van der Waals surface area contributed by atoms with Crippen molar-refractivity contribution >= 4 is 21.6 Å². The minimum absolute atomic E-state index is 0.243. The zero-order valence-electron chi connectivity index (χ0n) is 14.6. The number of para-hydroxylation sites is 1. The minimum atomic E-state index is -3.71. The van der Waals surface area contributed by atoms with Crippen molar-refractivity contribution in [3.05, 3.63) is 76.1 Å². The number of fused-ring (bicyclic) bond motifs is 1. The van der Waals surface area contributed by atoms with Crippen molar-refractivity contribution in [2.75, 3.05) is 0 Å². The molecular formula is C20H20N2O2S2. The summed E-state index contributed by atoms with van der Waals surface area (Å²) < 4.78 is 32.5. The van der Waals surface area contributed by atoms with Crippen LogP contribution >= 0.6 is 11.5 Å². The molecule has 0 saturated carbocycles. The van der Waals surface area contributed by atoms with Crippen molar-refractivity contribution < 1.29 is 8.42 Å². The van der Waals surface area contributed by atoms with E-state index in [-0.39, 0.29) is 4.90 Å². The molecule has 26 heavy (non-hydrogen) atoms. The molecule has 4 rings (SSSR count). The van der Waals surface area contributed by atoms with Crippen molar-refractivity contribution in [1.82, 2.24) is 3.96 Å². The maximum atomic E-state index is 12.8. The number of hydrogen-bond acceptors (Lipinski definition) is 3. The summed E-state index contributed by atoms with van der Waals surface area (Å²) >= 11 is 1.42. The van der Waals surface area contributed by atoms with Crippen LogP contribution in [-0.4, -0.2) is 12.4 Å². The first-order valence-electron chi connectivity index (χ1n) is 8.72. The molecule has 0 radical (unpaired) electrons. The molecule has 1 aliphatic carbocycles. The van der Waals surface area contributed by atoms with Crippen LogP contribution in [0.15, 0.2) is 63.9 Å². The highest BCUT2D eigenvalue weighted by molar-refractivity contribution is 7.90. The highest BCUT2D eigenvalue weighted by Crippen LogP contribution is 2.25. The fourth-order valence-corrected chi connectivity index (χ4v) is 5.64. The van der Waals surface area contributed by atoms with Crippen molar-refractivity contribution in [3.8, 4) is 5.69 Å². The number of benzene rings is 2. The van der Waals surface area contributed by atoms with Gasteiger partial charge in [-0.05, 0) is 68.4 Å². The second-order valence-electron chi connectivity index (χ2n) is 6.54. The third-order valence-corrected chi connectivity index (χ3v) is 7.16. The van der Waals surface area contributed by atoms with Gasteiger partial charge in [0, 0.05) is 11.3 Å². The van der Waals surface area contributed by atoms with E-state index in [0.717, 1.165) is 42.5 Å². The SMILES string of the molecule is Cc1ccc(S(=O)(=O)/N=c2\sn(-c3ccccc3)c3c2CCCC3)cc1. The summed E-state index contributed by atoms with van der Waals surface area (Å²) in [6, 6.07) is 16.9. The average Bonchev–Trinajstić information content (AvgIpc) is 3.01. The lowest BCUT2D eigenvalue weighted by Gasteiger charge is -2.14. The molecule has 134 valence electrons. The first-order valence-corrected chi connectivity index (χ1v) is 10.9. The van der Waals surface area contributed by atoms with E-state index >= 15 is 0 Å². The monoisotopic (exact) mass is 384 g/mol. The molecule has 1 aliphatic rings. The summed E-state index contributed by atoms with van der Waals surface area (Å²) in [6.07, 6.45) is 4.04. The largest absolute Gasteiger partial charge is 0.283 e.